The van der Waals surface area contributed by atoms with E-state index in [1.807, 2.05) is 16.0 Å². The second kappa shape index (κ2) is 14.3. The van der Waals surface area contributed by atoms with Gasteiger partial charge < -0.3 is 30.0 Å². The van der Waals surface area contributed by atoms with Crippen molar-refractivity contribution >= 4 is 34.2 Å². The first kappa shape index (κ1) is 32.8. The number of nitrogens with one attached hydrogen (secondary N) is 2. The molecular weight excluding hydrogens is 617 g/mol. The van der Waals surface area contributed by atoms with Gasteiger partial charge in [-0.25, -0.2) is 18.8 Å². The van der Waals surface area contributed by atoms with Gasteiger partial charge in [0.1, 0.15) is 17.3 Å². The van der Waals surface area contributed by atoms with Crippen molar-refractivity contribution in [1.29, 1.82) is 0 Å². The van der Waals surface area contributed by atoms with Gasteiger partial charge in [-0.05, 0) is 74.8 Å². The second-order valence-electron chi connectivity index (χ2n) is 11.9. The van der Waals surface area contributed by atoms with Crippen LogP contribution < -0.4 is 35.6 Å². The quantitative estimate of drug-likeness (QED) is 0.286. The summed E-state index contributed by atoms with van der Waals surface area (Å²) in [5.41, 5.74) is 0.985. The van der Waals surface area contributed by atoms with Crippen molar-refractivity contribution in [3.8, 4) is 11.5 Å². The molecule has 13 heteroatoms. The number of piperidine rings is 1. The Kier molecular flexibility index (Phi) is 9.76. The molecule has 2 fully saturated rings. The van der Waals surface area contributed by atoms with E-state index in [4.69, 9.17) is 14.5 Å². The minimum Gasteiger partial charge on any atom is -0.497 e. The summed E-state index contributed by atoms with van der Waals surface area (Å²) >= 11 is 0. The number of benzene rings is 3. The van der Waals surface area contributed by atoms with E-state index in [9.17, 15) is 18.8 Å². The molecule has 0 bridgehead atoms. The lowest BCUT2D eigenvalue weighted by Gasteiger charge is -2.40. The van der Waals surface area contributed by atoms with Crippen LogP contribution >= 0.6 is 0 Å². The summed E-state index contributed by atoms with van der Waals surface area (Å²) in [4.78, 5) is 50.1. The molecule has 4 aromatic rings. The average molecular weight is 660 g/mol. The van der Waals surface area contributed by atoms with E-state index in [1.54, 1.807) is 48.0 Å². The van der Waals surface area contributed by atoms with Gasteiger partial charge >= 0.3 is 6.03 Å². The molecule has 0 saturated carbocycles. The van der Waals surface area contributed by atoms with Crippen molar-refractivity contribution in [3.63, 3.8) is 0 Å². The molecule has 0 spiro atoms. The first-order valence-electron chi connectivity index (χ1n) is 16.1. The third-order valence-electron chi connectivity index (χ3n) is 9.00. The van der Waals surface area contributed by atoms with Crippen molar-refractivity contribution in [2.45, 2.75) is 25.8 Å². The number of urea groups is 1. The zero-order valence-corrected chi connectivity index (χ0v) is 27.3. The zero-order valence-electron chi connectivity index (χ0n) is 27.3. The molecular formula is C35H42FN7O5. The van der Waals surface area contributed by atoms with Crippen LogP contribution in [0.2, 0.25) is 0 Å². The molecule has 3 amide bonds. The normalized spacial score (nSPS) is 17.1. The summed E-state index contributed by atoms with van der Waals surface area (Å²) in [6.07, 6.45) is 1.84. The molecule has 3 heterocycles. The maximum atomic E-state index is 14.3. The van der Waals surface area contributed by atoms with Crippen LogP contribution in [0.3, 0.4) is 0 Å². The number of anilines is 2. The van der Waals surface area contributed by atoms with Gasteiger partial charge in [0.05, 0.1) is 55.9 Å². The maximum absolute atomic E-state index is 14.3. The van der Waals surface area contributed by atoms with Crippen molar-refractivity contribution < 1.29 is 24.9 Å². The predicted octanol–water partition coefficient (Wildman–Crippen LogP) is 4.38. The van der Waals surface area contributed by atoms with Gasteiger partial charge in [-0.1, -0.05) is 12.1 Å². The number of ether oxygens (including phenoxy) is 2. The van der Waals surface area contributed by atoms with E-state index >= 15 is 0 Å². The molecule has 2 saturated heterocycles. The van der Waals surface area contributed by atoms with Crippen LogP contribution in [-0.2, 0) is 4.79 Å². The number of fused-ring (bicyclic) bond motifs is 1. The Morgan fingerprint density at radius 2 is 1.79 bits per heavy atom. The SMILES string of the molecule is COc1ccc(N(C(=O)Nc2ccc(F)cc2)C(C)c2nc3ccccc3c(=O)n2N2CCN(C(=O)C3CCCNC3)CC2)c(OC)c1.[HH]. The van der Waals surface area contributed by atoms with Crippen LogP contribution in [0.15, 0.2) is 71.5 Å². The third kappa shape index (κ3) is 6.63. The molecule has 0 radical (unpaired) electrons. The van der Waals surface area contributed by atoms with E-state index in [0.717, 1.165) is 19.4 Å². The van der Waals surface area contributed by atoms with Crippen LogP contribution in [0.25, 0.3) is 10.9 Å². The molecule has 254 valence electrons. The minimum absolute atomic E-state index is 0. The van der Waals surface area contributed by atoms with Crippen LogP contribution in [0.5, 0.6) is 11.5 Å². The van der Waals surface area contributed by atoms with Gasteiger partial charge in [0.25, 0.3) is 5.56 Å². The standard InChI is InChI=1S/C35H40FN7O5.H2/c1-23(42(30-15-14-27(47-2)21-31(30)48-3)35(46)38-26-12-10-25(36)11-13-26)32-39-29-9-5-4-8-28(29)34(45)43(32)41-19-17-40(18-20-41)33(44)24-7-6-16-37-22-24;/h4-5,8-15,21,23-24,37H,6-7,16-20,22H2,1-3H3,(H,38,46);1H. The molecule has 2 unspecified atom stereocenters. The fourth-order valence-electron chi connectivity index (χ4n) is 6.43. The number of hydrogen-bond donors (Lipinski definition) is 2. The Hall–Kier alpha value is -5.17. The molecule has 2 N–H and O–H groups in total. The number of rotatable bonds is 8. The molecule has 2 aliphatic rings. The Balaban J connectivity index is 0.00000468. The molecule has 6 rings (SSSR count). The van der Waals surface area contributed by atoms with Gasteiger partial charge in [-0.2, -0.15) is 0 Å². The number of methoxy groups -OCH3 is 2. The number of halogens is 1. The molecule has 2 aliphatic heterocycles. The topological polar surface area (TPSA) is 121 Å². The van der Waals surface area contributed by atoms with E-state index < -0.39 is 17.9 Å². The van der Waals surface area contributed by atoms with Crippen LogP contribution in [0.1, 0.15) is 33.1 Å². The number of piperazine rings is 1. The lowest BCUT2D eigenvalue weighted by molar-refractivity contribution is -0.136. The number of aromatic nitrogens is 2. The first-order chi connectivity index (χ1) is 23.3. The number of nitrogens with zero attached hydrogens (tertiary/aromatic N) is 5. The smallest absolute Gasteiger partial charge is 0.327 e. The van der Waals surface area contributed by atoms with E-state index in [2.05, 4.69) is 10.6 Å². The average Bonchev–Trinajstić information content (AvgIpc) is 3.13. The second-order valence-corrected chi connectivity index (χ2v) is 11.9. The predicted molar refractivity (Wildman–Crippen MR) is 184 cm³/mol. The van der Waals surface area contributed by atoms with Crippen molar-refractivity contribution in [3.05, 3.63) is 88.7 Å². The highest BCUT2D eigenvalue weighted by Crippen LogP contribution is 2.37. The number of carbonyl (C=O) groups excluding carboxylic acids is 2. The molecule has 48 heavy (non-hydrogen) atoms. The Morgan fingerprint density at radius 3 is 2.48 bits per heavy atom. The largest absolute Gasteiger partial charge is 0.497 e. The van der Waals surface area contributed by atoms with Crippen LogP contribution in [0, 0.1) is 11.7 Å². The molecule has 1 aromatic heterocycles. The van der Waals surface area contributed by atoms with E-state index in [0.29, 0.717) is 72.3 Å². The van der Waals surface area contributed by atoms with Crippen LogP contribution in [-0.4, -0.2) is 80.0 Å². The Labute approximate surface area is 279 Å². The highest BCUT2D eigenvalue weighted by Gasteiger charge is 2.34. The lowest BCUT2D eigenvalue weighted by Crippen LogP contribution is -2.58. The van der Waals surface area contributed by atoms with Gasteiger partial charge in [0, 0.05) is 32.8 Å². The molecule has 3 aromatic carbocycles. The summed E-state index contributed by atoms with van der Waals surface area (Å²) in [6, 6.07) is 16.3. The zero-order chi connectivity index (χ0) is 33.8. The van der Waals surface area contributed by atoms with Crippen molar-refractivity contribution in [2.75, 3.05) is 68.7 Å². The highest BCUT2D eigenvalue weighted by atomic mass is 19.1. The molecule has 2 atom stereocenters. The number of carbonyl (C=O) groups is 2. The Morgan fingerprint density at radius 1 is 1.04 bits per heavy atom. The van der Waals surface area contributed by atoms with Crippen LogP contribution in [0.4, 0.5) is 20.6 Å². The summed E-state index contributed by atoms with van der Waals surface area (Å²) < 4.78 is 26.3. The Bertz CT molecular complexity index is 1840. The monoisotopic (exact) mass is 659 g/mol. The number of amides is 3. The lowest BCUT2D eigenvalue weighted by atomic mass is 9.98. The number of hydrogen-bond acceptors (Lipinski definition) is 8. The van der Waals surface area contributed by atoms with Crippen molar-refractivity contribution in [2.24, 2.45) is 5.92 Å². The summed E-state index contributed by atoms with van der Waals surface area (Å²) in [7, 11) is 3.03. The van der Waals surface area contributed by atoms with Gasteiger partial charge in [-0.15, -0.1) is 0 Å². The summed E-state index contributed by atoms with van der Waals surface area (Å²) in [5, 5.41) is 8.51. The first-order valence-corrected chi connectivity index (χ1v) is 16.1. The molecule has 12 nitrogen and oxygen atoms in total. The summed E-state index contributed by atoms with van der Waals surface area (Å²) in [6.45, 7) is 5.10. The van der Waals surface area contributed by atoms with E-state index in [-0.39, 0.29) is 18.8 Å². The maximum Gasteiger partial charge on any atom is 0.327 e. The van der Waals surface area contributed by atoms with E-state index in [1.165, 1.54) is 43.4 Å². The third-order valence-corrected chi connectivity index (χ3v) is 9.00. The fraction of sp³-hybridized carbons (Fsp3) is 0.371. The summed E-state index contributed by atoms with van der Waals surface area (Å²) in [5.74, 6) is 0.862. The fourth-order valence-corrected chi connectivity index (χ4v) is 6.43. The molecule has 0 aliphatic carbocycles. The van der Waals surface area contributed by atoms with Gasteiger partial charge in [0.2, 0.25) is 5.91 Å². The van der Waals surface area contributed by atoms with Gasteiger partial charge in [0.15, 0.2) is 5.82 Å². The highest BCUT2D eigenvalue weighted by molar-refractivity contribution is 6.03. The van der Waals surface area contributed by atoms with Gasteiger partial charge in [-0.3, -0.25) is 14.5 Å². The van der Waals surface area contributed by atoms with Crippen molar-refractivity contribution in [1.82, 2.24) is 19.9 Å². The minimum atomic E-state index is -0.821. The number of para-hydroxylation sites is 1.